The molecule has 1 nitrogen and oxygen atoms in total. The molecule has 3 aliphatic carbocycles. The lowest BCUT2D eigenvalue weighted by Gasteiger charge is -2.41. The van der Waals surface area contributed by atoms with Crippen LogP contribution in [0.1, 0.15) is 54.0 Å². The topological polar surface area (TPSA) is 9.23 Å². The van der Waals surface area contributed by atoms with Gasteiger partial charge in [-0.15, -0.1) is 6.42 Å². The highest BCUT2D eigenvalue weighted by Crippen LogP contribution is 2.59. The lowest BCUT2D eigenvalue weighted by Crippen LogP contribution is -2.37. The van der Waals surface area contributed by atoms with Crippen molar-refractivity contribution in [2.75, 3.05) is 13.7 Å². The Morgan fingerprint density at radius 1 is 1.09 bits per heavy atom. The monoisotopic (exact) mass is 418 g/mol. The quantitative estimate of drug-likeness (QED) is 0.490. The van der Waals surface area contributed by atoms with E-state index < -0.39 is 0 Å². The molecule has 0 aliphatic heterocycles. The van der Waals surface area contributed by atoms with Gasteiger partial charge in [-0.2, -0.15) is 0 Å². The van der Waals surface area contributed by atoms with Crippen molar-refractivity contribution in [1.82, 2.24) is 0 Å². The van der Waals surface area contributed by atoms with Gasteiger partial charge in [0.05, 0.1) is 12.0 Å². The second-order valence-corrected chi connectivity index (χ2v) is 9.38. The van der Waals surface area contributed by atoms with Crippen LogP contribution in [0.3, 0.4) is 0 Å². The Labute approximate surface area is 192 Å². The maximum absolute atomic E-state index is 5.69. The van der Waals surface area contributed by atoms with Crippen LogP contribution in [0.4, 0.5) is 0 Å². The Bertz CT molecular complexity index is 1230. The molecule has 1 heteroatoms. The molecule has 2 atom stereocenters. The zero-order chi connectivity index (χ0) is 22.3. The molecule has 5 rings (SSSR count). The van der Waals surface area contributed by atoms with E-state index in [2.05, 4.69) is 86.5 Å². The third-order valence-electron chi connectivity index (χ3n) is 7.39. The van der Waals surface area contributed by atoms with Crippen molar-refractivity contribution in [3.8, 4) is 12.3 Å². The molecule has 0 saturated heterocycles. The third kappa shape index (κ3) is 3.14. The van der Waals surface area contributed by atoms with Crippen LogP contribution in [0, 0.1) is 25.2 Å². The van der Waals surface area contributed by atoms with Gasteiger partial charge in [-0.25, -0.2) is 0 Å². The van der Waals surface area contributed by atoms with Gasteiger partial charge in [-0.05, 0) is 84.6 Å². The first-order valence-electron chi connectivity index (χ1n) is 11.5. The van der Waals surface area contributed by atoms with E-state index in [1.807, 2.05) is 0 Å². The summed E-state index contributed by atoms with van der Waals surface area (Å²) in [7, 11) is 1.76. The molecular weight excluding hydrogens is 388 g/mol. The molecule has 0 saturated carbocycles. The van der Waals surface area contributed by atoms with E-state index in [-0.39, 0.29) is 5.41 Å². The fraction of sp³-hybridized carbons (Fsp3) is 0.290. The zero-order valence-electron chi connectivity index (χ0n) is 19.2. The molecule has 0 N–H and O–H groups in total. The van der Waals surface area contributed by atoms with Crippen molar-refractivity contribution >= 4 is 5.57 Å². The fourth-order valence-corrected chi connectivity index (χ4v) is 5.90. The highest BCUT2D eigenvalue weighted by molar-refractivity contribution is 5.87. The van der Waals surface area contributed by atoms with Gasteiger partial charge >= 0.3 is 0 Å². The Hall–Kier alpha value is -3.08. The van der Waals surface area contributed by atoms with Crippen LogP contribution in [-0.2, 0) is 10.2 Å². The molecule has 2 unspecified atom stereocenters. The third-order valence-corrected chi connectivity index (χ3v) is 7.39. The molecule has 160 valence electrons. The highest BCUT2D eigenvalue weighted by atomic mass is 16.5. The van der Waals surface area contributed by atoms with Crippen molar-refractivity contribution in [3.63, 3.8) is 0 Å². The van der Waals surface area contributed by atoms with Crippen LogP contribution in [0.5, 0.6) is 0 Å². The molecule has 0 heterocycles. The maximum Gasteiger partial charge on any atom is 0.0709 e. The molecule has 0 bridgehead atoms. The summed E-state index contributed by atoms with van der Waals surface area (Å²) in [4.78, 5) is 0. The van der Waals surface area contributed by atoms with Crippen molar-refractivity contribution in [1.29, 1.82) is 0 Å². The first-order chi connectivity index (χ1) is 15.6. The van der Waals surface area contributed by atoms with Gasteiger partial charge in [-0.3, -0.25) is 0 Å². The number of terminal acetylenes is 1. The van der Waals surface area contributed by atoms with E-state index in [0.29, 0.717) is 12.5 Å². The zero-order valence-corrected chi connectivity index (χ0v) is 19.2. The molecule has 0 fully saturated rings. The Balaban J connectivity index is 1.78. The number of ether oxygens (including phenoxy) is 1. The van der Waals surface area contributed by atoms with Crippen LogP contribution in [0.15, 0.2) is 83.5 Å². The first-order valence-corrected chi connectivity index (χ1v) is 11.5. The molecular formula is C31H30O. The molecule has 3 aliphatic rings. The number of hydrogen-bond acceptors (Lipinski definition) is 1. The van der Waals surface area contributed by atoms with Gasteiger partial charge in [0.1, 0.15) is 0 Å². The van der Waals surface area contributed by atoms with Crippen molar-refractivity contribution < 1.29 is 4.74 Å². The predicted octanol–water partition coefficient (Wildman–Crippen LogP) is 6.92. The SMILES string of the molecule is C#Cc1ccc(C2(C3C=CC(COC)=CC3)C3=C(CCC(C)=C3)c3ccc(C)cc32)cc1. The Morgan fingerprint density at radius 3 is 2.59 bits per heavy atom. The highest BCUT2D eigenvalue weighted by Gasteiger charge is 2.50. The van der Waals surface area contributed by atoms with Crippen LogP contribution in [0.2, 0.25) is 0 Å². The average Bonchev–Trinajstić information content (AvgIpc) is 3.09. The summed E-state index contributed by atoms with van der Waals surface area (Å²) in [5.74, 6) is 3.12. The molecule has 0 aromatic heterocycles. The van der Waals surface area contributed by atoms with Crippen molar-refractivity contribution in [3.05, 3.63) is 111 Å². The van der Waals surface area contributed by atoms with E-state index in [1.165, 1.54) is 44.5 Å². The number of aryl methyl sites for hydroxylation is 1. The number of rotatable bonds is 4. The Kier molecular flexibility index (Phi) is 5.28. The van der Waals surface area contributed by atoms with Crippen LogP contribution >= 0.6 is 0 Å². The van der Waals surface area contributed by atoms with Gasteiger partial charge < -0.3 is 4.74 Å². The van der Waals surface area contributed by atoms with Gasteiger partial charge in [0.15, 0.2) is 0 Å². The lowest BCUT2D eigenvalue weighted by atomic mass is 9.60. The van der Waals surface area contributed by atoms with Gasteiger partial charge in [0.2, 0.25) is 0 Å². The average molecular weight is 419 g/mol. The summed E-state index contributed by atoms with van der Waals surface area (Å²) in [6, 6.07) is 15.8. The van der Waals surface area contributed by atoms with Gasteiger partial charge in [-0.1, -0.05) is 71.7 Å². The molecule has 2 aromatic carbocycles. The number of hydrogen-bond donors (Lipinski definition) is 0. The van der Waals surface area contributed by atoms with Gasteiger partial charge in [0, 0.05) is 12.7 Å². The van der Waals surface area contributed by atoms with Crippen LogP contribution < -0.4 is 0 Å². The van der Waals surface area contributed by atoms with E-state index in [9.17, 15) is 0 Å². The second-order valence-electron chi connectivity index (χ2n) is 9.38. The minimum Gasteiger partial charge on any atom is -0.380 e. The number of fused-ring (bicyclic) bond motifs is 2. The van der Waals surface area contributed by atoms with E-state index in [1.54, 1.807) is 7.11 Å². The van der Waals surface area contributed by atoms with Crippen molar-refractivity contribution in [2.45, 2.75) is 38.5 Å². The second kappa shape index (κ2) is 8.12. The van der Waals surface area contributed by atoms with E-state index >= 15 is 0 Å². The molecule has 0 amide bonds. The van der Waals surface area contributed by atoms with Crippen LogP contribution in [-0.4, -0.2) is 13.7 Å². The molecule has 0 radical (unpaired) electrons. The van der Waals surface area contributed by atoms with Gasteiger partial charge in [0.25, 0.3) is 0 Å². The largest absolute Gasteiger partial charge is 0.380 e. The summed E-state index contributed by atoms with van der Waals surface area (Å²) < 4.78 is 5.39. The van der Waals surface area contributed by atoms with Crippen molar-refractivity contribution in [2.24, 2.45) is 5.92 Å². The molecule has 2 aromatic rings. The summed E-state index contributed by atoms with van der Waals surface area (Å²) in [6.45, 7) is 5.14. The summed E-state index contributed by atoms with van der Waals surface area (Å²) >= 11 is 0. The first kappa shape index (κ1) is 20.8. The number of methoxy groups -OCH3 is 1. The smallest absolute Gasteiger partial charge is 0.0709 e. The normalized spacial score (nSPS) is 23.9. The standard InChI is InChI=1S/C31H30O/c1-5-23-8-12-25(13-9-23)31(26-14-10-24(11-15-26)20-32-4)29-18-21(2)6-16-27(29)28-17-7-22(3)19-30(28)31/h1,6,8-14,16,18-19,26H,7,15,17,20H2,2-4H3. The van der Waals surface area contributed by atoms with E-state index in [4.69, 9.17) is 11.2 Å². The lowest BCUT2D eigenvalue weighted by molar-refractivity contribution is 0.227. The minimum atomic E-state index is -0.211. The maximum atomic E-state index is 5.69. The fourth-order valence-electron chi connectivity index (χ4n) is 5.90. The summed E-state index contributed by atoms with van der Waals surface area (Å²) in [5.41, 5.74) is 12.0. The number of allylic oxidation sites excluding steroid dienone is 6. The Morgan fingerprint density at radius 2 is 1.91 bits per heavy atom. The summed E-state index contributed by atoms with van der Waals surface area (Å²) in [6.07, 6.45) is 18.5. The van der Waals surface area contributed by atoms with Crippen LogP contribution in [0.25, 0.3) is 5.57 Å². The molecule has 32 heavy (non-hydrogen) atoms. The summed E-state index contributed by atoms with van der Waals surface area (Å²) in [5, 5.41) is 0. The van der Waals surface area contributed by atoms with E-state index in [0.717, 1.165) is 24.8 Å². The molecule has 0 spiro atoms. The predicted molar refractivity (Wildman–Crippen MR) is 133 cm³/mol. The number of benzene rings is 2. The minimum absolute atomic E-state index is 0.211.